The second kappa shape index (κ2) is 22.0. The molecule has 3 aromatic rings. The smallest absolute Gasteiger partial charge is 0.316 e. The highest BCUT2D eigenvalue weighted by atomic mass is 16.5. The Morgan fingerprint density at radius 3 is 2.15 bits per heavy atom. The third kappa shape index (κ3) is 11.2. The number of allylic oxidation sites excluding steroid dienone is 3. The second-order valence-electron chi connectivity index (χ2n) is 20.0. The normalized spacial score (nSPS) is 23.2. The number of H-pyrrole nitrogens is 3. The van der Waals surface area contributed by atoms with Crippen LogP contribution in [0.15, 0.2) is 29.3 Å². The molecule has 5 heterocycles. The molecular weight excluding hydrogens is 813 g/mol. The van der Waals surface area contributed by atoms with Crippen molar-refractivity contribution in [3.05, 3.63) is 96.2 Å². The number of ether oxygens (including phenoxy) is 2. The molecule has 0 amide bonds. The van der Waals surface area contributed by atoms with Gasteiger partial charge in [-0.05, 0) is 124 Å². The molecule has 10 nitrogen and oxygen atoms in total. The summed E-state index contributed by atoms with van der Waals surface area (Å²) < 4.78 is 11.2. The predicted molar refractivity (Wildman–Crippen MR) is 264 cm³/mol. The van der Waals surface area contributed by atoms with Crippen molar-refractivity contribution < 1.29 is 29.3 Å². The Morgan fingerprint density at radius 2 is 1.49 bits per heavy atom. The third-order valence-corrected chi connectivity index (χ3v) is 14.8. The monoisotopic (exact) mass is 891 g/mol. The minimum absolute atomic E-state index is 0.0999. The van der Waals surface area contributed by atoms with Gasteiger partial charge in [0.05, 0.1) is 25.2 Å². The molecule has 2 aliphatic heterocycles. The lowest BCUT2D eigenvalue weighted by Crippen LogP contribution is -2.24. The maximum absolute atomic E-state index is 13.7. The van der Waals surface area contributed by atoms with Crippen LogP contribution in [0.4, 0.5) is 0 Å². The highest BCUT2D eigenvalue weighted by Gasteiger charge is 2.48. The highest BCUT2D eigenvalue weighted by molar-refractivity contribution is 5.95. The number of carbonyl (C=O) groups excluding carboxylic acids is 2. The van der Waals surface area contributed by atoms with E-state index >= 15 is 0 Å². The predicted octanol–water partition coefficient (Wildman–Crippen LogP) is 10.8. The lowest BCUT2D eigenvalue weighted by atomic mass is 9.84. The minimum Gasteiger partial charge on any atom is -0.516 e. The molecule has 354 valence electrons. The average molecular weight is 891 g/mol. The third-order valence-electron chi connectivity index (χ3n) is 14.8. The molecule has 0 radical (unpaired) electrons. The van der Waals surface area contributed by atoms with E-state index in [0.717, 1.165) is 105 Å². The van der Waals surface area contributed by atoms with Crippen LogP contribution in [0.25, 0.3) is 29.9 Å². The summed E-state index contributed by atoms with van der Waals surface area (Å²) in [5.74, 6) is 0.248. The molecule has 10 heteroatoms. The van der Waals surface area contributed by atoms with Crippen LogP contribution in [0.5, 0.6) is 0 Å². The van der Waals surface area contributed by atoms with E-state index in [2.05, 4.69) is 93.9 Å². The Hall–Kier alpha value is -4.96. The van der Waals surface area contributed by atoms with Crippen LogP contribution in [-0.4, -0.2) is 50.8 Å². The van der Waals surface area contributed by atoms with Crippen LogP contribution in [0.3, 0.4) is 0 Å². The first-order valence-electron chi connectivity index (χ1n) is 24.5. The quantitative estimate of drug-likeness (QED) is 0.0375. The van der Waals surface area contributed by atoms with Gasteiger partial charge in [0.1, 0.15) is 12.5 Å². The van der Waals surface area contributed by atoms with Crippen molar-refractivity contribution in [2.75, 3.05) is 13.7 Å². The Labute approximate surface area is 387 Å². The first kappa shape index (κ1) is 49.5. The van der Waals surface area contributed by atoms with Gasteiger partial charge in [-0.2, -0.15) is 0 Å². The van der Waals surface area contributed by atoms with E-state index in [1.165, 1.54) is 63.2 Å². The van der Waals surface area contributed by atoms with E-state index in [9.17, 15) is 19.8 Å². The standard InChI is InChI=1S/C55H78N4O6/c1-12-39-35(7)43-29-47-40(24-26-60)36(8)42(57-47)28-44-37(9)41(52(58-44)50-51(55(63)64-11)54(62)49-38(10)45(59-53(49)50)30-46(39)56-43)22-23-48(61)65-27-25-34(6)21-15-20-33(5)19-14-18-32(4)17-13-16-31(2)3/h24-26,28-33,37,41,51,54,56-60,62H,12-23,27H2,1-11H3/b26-24+,34-25+,43-29-,44-28-,46-30-,52-50-/t32-,33+,37+,41+,51-,54-/m1/s1. The molecular formula is C55H78N4O6. The Balaban J connectivity index is 1.23. The van der Waals surface area contributed by atoms with E-state index in [1.54, 1.807) is 6.08 Å². The number of esters is 2. The van der Waals surface area contributed by atoms with Gasteiger partial charge in [0.15, 0.2) is 0 Å². The van der Waals surface area contributed by atoms with Gasteiger partial charge in [0, 0.05) is 74.1 Å². The molecule has 6 N–H and O–H groups in total. The van der Waals surface area contributed by atoms with Crippen molar-refractivity contribution in [1.82, 2.24) is 20.3 Å². The fraction of sp³-hybridized carbons (Fsp3) is 0.564. The van der Waals surface area contributed by atoms with Crippen LogP contribution in [0.2, 0.25) is 0 Å². The number of hydrogen-bond acceptors (Lipinski definition) is 7. The van der Waals surface area contributed by atoms with Crippen LogP contribution in [-0.2, 0) is 25.5 Å². The fourth-order valence-electron chi connectivity index (χ4n) is 10.6. The molecule has 0 aromatic carbocycles. The van der Waals surface area contributed by atoms with Gasteiger partial charge >= 0.3 is 11.9 Å². The first-order chi connectivity index (χ1) is 31.1. The van der Waals surface area contributed by atoms with Gasteiger partial charge in [-0.3, -0.25) is 9.59 Å². The zero-order valence-corrected chi connectivity index (χ0v) is 41.2. The molecule has 1 aliphatic carbocycles. The molecule has 65 heavy (non-hydrogen) atoms. The molecule has 0 spiro atoms. The van der Waals surface area contributed by atoms with E-state index in [-0.39, 0.29) is 30.8 Å². The highest BCUT2D eigenvalue weighted by Crippen LogP contribution is 2.52. The summed E-state index contributed by atoms with van der Waals surface area (Å²) in [7, 11) is 1.35. The van der Waals surface area contributed by atoms with Crippen molar-refractivity contribution >= 4 is 41.8 Å². The number of aliphatic hydroxyl groups is 2. The topological polar surface area (TPSA) is 152 Å². The Kier molecular flexibility index (Phi) is 16.8. The minimum atomic E-state index is -1.13. The lowest BCUT2D eigenvalue weighted by molar-refractivity contribution is -0.146. The molecule has 6 rings (SSSR count). The summed E-state index contributed by atoms with van der Waals surface area (Å²) in [5, 5.41) is 27.6. The van der Waals surface area contributed by atoms with E-state index in [0.29, 0.717) is 23.3 Å². The maximum atomic E-state index is 13.7. The summed E-state index contributed by atoms with van der Waals surface area (Å²) in [6.07, 6.45) is 22.7. The Bertz CT molecular complexity index is 2430. The Morgan fingerprint density at radius 1 is 0.831 bits per heavy atom. The maximum Gasteiger partial charge on any atom is 0.316 e. The van der Waals surface area contributed by atoms with Crippen molar-refractivity contribution in [2.45, 2.75) is 152 Å². The van der Waals surface area contributed by atoms with Crippen LogP contribution >= 0.6 is 0 Å². The van der Waals surface area contributed by atoms with Gasteiger partial charge in [-0.15, -0.1) is 0 Å². The van der Waals surface area contributed by atoms with Crippen molar-refractivity contribution in [3.63, 3.8) is 0 Å². The van der Waals surface area contributed by atoms with Gasteiger partial charge in [-0.1, -0.05) is 92.1 Å². The zero-order valence-electron chi connectivity index (χ0n) is 41.2. The molecule has 1 saturated heterocycles. The summed E-state index contributed by atoms with van der Waals surface area (Å²) in [5.41, 5.74) is 12.5. The first-order valence-corrected chi connectivity index (χ1v) is 24.5. The molecule has 8 bridgehead atoms. The van der Waals surface area contributed by atoms with Gasteiger partial charge < -0.3 is 40.0 Å². The fourth-order valence-corrected chi connectivity index (χ4v) is 10.6. The molecule has 6 atom stereocenters. The van der Waals surface area contributed by atoms with Crippen LogP contribution in [0, 0.1) is 56.3 Å². The number of aromatic nitrogens is 3. The van der Waals surface area contributed by atoms with E-state index < -0.39 is 18.0 Å². The number of aliphatic hydroxyl groups excluding tert-OH is 2. The van der Waals surface area contributed by atoms with Gasteiger partial charge in [0.25, 0.3) is 0 Å². The summed E-state index contributed by atoms with van der Waals surface area (Å²) in [6, 6.07) is 0. The van der Waals surface area contributed by atoms with Gasteiger partial charge in [0.2, 0.25) is 0 Å². The summed E-state index contributed by atoms with van der Waals surface area (Å²) in [6.45, 7) is 22.2. The van der Waals surface area contributed by atoms with Crippen molar-refractivity contribution in [1.29, 1.82) is 0 Å². The van der Waals surface area contributed by atoms with E-state index in [1.807, 2.05) is 19.9 Å². The molecule has 1 fully saturated rings. The SMILES string of the molecule is CCc1c(C)/c2[nH]/c1=C\c1[nH]c3c(c1C)[C@@H](O)[C@H](C(=O)OC)/C3=C1/N/C(=C\c3[nH]c(c(/C=C/O)c3C)\C=2)[C@@H](C)[C@@H]1CCC(=O)OC/C=C(\C)CCC[C@@H](C)CCC[C@H](C)CCCC(C)C. The zero-order chi connectivity index (χ0) is 47.1. The number of rotatable bonds is 20. The van der Waals surface area contributed by atoms with Crippen molar-refractivity contribution in [3.8, 4) is 0 Å². The molecule has 3 aliphatic rings. The number of methoxy groups -OCH3 is 1. The number of hydrogen-bond donors (Lipinski definition) is 6. The van der Waals surface area contributed by atoms with E-state index in [4.69, 9.17) is 9.47 Å². The van der Waals surface area contributed by atoms with Crippen molar-refractivity contribution in [2.24, 2.45) is 35.5 Å². The number of nitrogens with one attached hydrogen (secondary N) is 4. The number of fused-ring (bicyclic) bond motifs is 7. The van der Waals surface area contributed by atoms with Crippen LogP contribution < -0.4 is 16.0 Å². The second-order valence-corrected chi connectivity index (χ2v) is 20.0. The lowest BCUT2D eigenvalue weighted by Gasteiger charge is -2.21. The largest absolute Gasteiger partial charge is 0.516 e. The molecule has 0 saturated carbocycles. The molecule has 3 aromatic heterocycles. The summed E-state index contributed by atoms with van der Waals surface area (Å²) in [4.78, 5) is 38.1. The number of aromatic amines is 3. The van der Waals surface area contributed by atoms with Crippen LogP contribution in [0.1, 0.15) is 181 Å². The molecule has 0 unspecified atom stereocenters. The van der Waals surface area contributed by atoms with Gasteiger partial charge in [-0.25, -0.2) is 0 Å². The average Bonchev–Trinajstić information content (AvgIpc) is 4.00. The summed E-state index contributed by atoms with van der Waals surface area (Å²) >= 11 is 0. The number of carbonyl (C=O) groups is 2.